The molecule has 0 aliphatic heterocycles. The van der Waals surface area contributed by atoms with Crippen LogP contribution in [-0.4, -0.2) is 16.6 Å². The van der Waals surface area contributed by atoms with Crippen LogP contribution in [0.3, 0.4) is 0 Å². The Kier molecular flexibility index (Phi) is 5.38. The van der Waals surface area contributed by atoms with E-state index in [-0.39, 0.29) is 6.04 Å². The minimum atomic E-state index is -0.592. The number of rotatable bonds is 5. The van der Waals surface area contributed by atoms with E-state index in [1.54, 1.807) is 18.3 Å². The second-order valence-corrected chi connectivity index (χ2v) is 5.38. The summed E-state index contributed by atoms with van der Waals surface area (Å²) < 4.78 is 0. The van der Waals surface area contributed by atoms with E-state index in [0.717, 1.165) is 11.1 Å². The normalized spacial score (nSPS) is 14.0. The van der Waals surface area contributed by atoms with Crippen LogP contribution < -0.4 is 5.32 Å². The molecule has 5 heteroatoms. The molecule has 2 unspecified atom stereocenters. The van der Waals surface area contributed by atoms with Gasteiger partial charge in [-0.15, -0.1) is 0 Å². The molecule has 0 fully saturated rings. The number of aromatic nitrogens is 1. The van der Waals surface area contributed by atoms with E-state index >= 15 is 0 Å². The highest BCUT2D eigenvalue weighted by Crippen LogP contribution is 2.21. The number of aliphatic hydroxyl groups is 1. The minimum absolute atomic E-state index is 0.0122. The van der Waals surface area contributed by atoms with Crippen LogP contribution in [0.2, 0.25) is 10.2 Å². The van der Waals surface area contributed by atoms with Crippen molar-refractivity contribution in [3.63, 3.8) is 0 Å². The third kappa shape index (κ3) is 3.93. The minimum Gasteiger partial charge on any atom is -0.387 e. The Hall–Kier alpha value is -1.13. The van der Waals surface area contributed by atoms with Gasteiger partial charge in [0.25, 0.3) is 0 Å². The van der Waals surface area contributed by atoms with Gasteiger partial charge < -0.3 is 10.4 Å². The van der Waals surface area contributed by atoms with Gasteiger partial charge in [-0.1, -0.05) is 41.4 Å². The number of nitrogens with zero attached hydrogens (tertiary/aromatic N) is 1. The van der Waals surface area contributed by atoms with E-state index in [0.29, 0.717) is 16.7 Å². The predicted octanol–water partition coefficient (Wildman–Crippen LogP) is 3.77. The van der Waals surface area contributed by atoms with E-state index in [4.69, 9.17) is 23.2 Å². The average molecular weight is 311 g/mol. The van der Waals surface area contributed by atoms with Crippen molar-refractivity contribution < 1.29 is 5.11 Å². The standard InChI is InChI=1S/C15H16Cl2N2O/c1-10(13-3-2-8-18-15(13)17)19-9-14(20)11-4-6-12(16)7-5-11/h2-8,10,14,19-20H,9H2,1H3. The molecule has 0 aliphatic carbocycles. The Morgan fingerprint density at radius 3 is 2.55 bits per heavy atom. The Bertz CT molecular complexity index is 560. The quantitative estimate of drug-likeness (QED) is 0.826. The van der Waals surface area contributed by atoms with Crippen molar-refractivity contribution in [1.82, 2.24) is 10.3 Å². The van der Waals surface area contributed by atoms with Gasteiger partial charge in [-0.05, 0) is 30.7 Å². The van der Waals surface area contributed by atoms with Gasteiger partial charge in [0.15, 0.2) is 0 Å². The first kappa shape index (κ1) is 15.3. The van der Waals surface area contributed by atoms with Crippen molar-refractivity contribution in [2.75, 3.05) is 6.54 Å². The van der Waals surface area contributed by atoms with E-state index < -0.39 is 6.10 Å². The van der Waals surface area contributed by atoms with Crippen LogP contribution in [0.5, 0.6) is 0 Å². The summed E-state index contributed by atoms with van der Waals surface area (Å²) in [5.74, 6) is 0. The van der Waals surface area contributed by atoms with Crippen LogP contribution in [0.4, 0.5) is 0 Å². The molecule has 20 heavy (non-hydrogen) atoms. The summed E-state index contributed by atoms with van der Waals surface area (Å²) in [6, 6.07) is 10.9. The molecule has 0 spiro atoms. The van der Waals surface area contributed by atoms with Crippen LogP contribution in [0.15, 0.2) is 42.6 Å². The van der Waals surface area contributed by atoms with Crippen molar-refractivity contribution in [2.45, 2.75) is 19.1 Å². The van der Waals surface area contributed by atoms with E-state index in [2.05, 4.69) is 10.3 Å². The number of benzene rings is 1. The lowest BCUT2D eigenvalue weighted by Crippen LogP contribution is -2.25. The molecule has 0 aliphatic rings. The Morgan fingerprint density at radius 2 is 1.90 bits per heavy atom. The van der Waals surface area contributed by atoms with Gasteiger partial charge in [0, 0.05) is 29.4 Å². The highest BCUT2D eigenvalue weighted by molar-refractivity contribution is 6.30. The molecule has 1 aromatic heterocycles. The maximum absolute atomic E-state index is 10.1. The second kappa shape index (κ2) is 7.04. The second-order valence-electron chi connectivity index (χ2n) is 4.58. The highest BCUT2D eigenvalue weighted by atomic mass is 35.5. The van der Waals surface area contributed by atoms with Crippen molar-refractivity contribution in [3.05, 3.63) is 63.9 Å². The van der Waals surface area contributed by atoms with E-state index in [1.165, 1.54) is 0 Å². The third-order valence-corrected chi connectivity index (χ3v) is 3.69. The smallest absolute Gasteiger partial charge is 0.133 e. The fourth-order valence-corrected chi connectivity index (χ4v) is 2.33. The molecule has 0 saturated heterocycles. The maximum Gasteiger partial charge on any atom is 0.133 e. The lowest BCUT2D eigenvalue weighted by atomic mass is 10.1. The molecule has 0 saturated carbocycles. The number of nitrogens with one attached hydrogen (secondary N) is 1. The third-order valence-electron chi connectivity index (χ3n) is 3.13. The average Bonchev–Trinajstić information content (AvgIpc) is 2.45. The monoisotopic (exact) mass is 310 g/mol. The summed E-state index contributed by atoms with van der Waals surface area (Å²) in [7, 11) is 0. The first-order valence-corrected chi connectivity index (χ1v) is 7.11. The van der Waals surface area contributed by atoms with Crippen molar-refractivity contribution in [2.24, 2.45) is 0 Å². The summed E-state index contributed by atoms with van der Waals surface area (Å²) in [6.07, 6.45) is 1.06. The molecule has 2 rings (SSSR count). The molecule has 2 N–H and O–H groups in total. The van der Waals surface area contributed by atoms with Gasteiger partial charge in [-0.25, -0.2) is 4.98 Å². The molecule has 1 heterocycles. The van der Waals surface area contributed by atoms with Crippen LogP contribution in [0.25, 0.3) is 0 Å². The summed E-state index contributed by atoms with van der Waals surface area (Å²) in [5.41, 5.74) is 1.74. The van der Waals surface area contributed by atoms with Gasteiger partial charge in [0.2, 0.25) is 0 Å². The largest absolute Gasteiger partial charge is 0.387 e. The molecule has 0 radical (unpaired) electrons. The maximum atomic E-state index is 10.1. The van der Waals surface area contributed by atoms with Crippen molar-refractivity contribution in [3.8, 4) is 0 Å². The lowest BCUT2D eigenvalue weighted by Gasteiger charge is -2.18. The molecule has 106 valence electrons. The van der Waals surface area contributed by atoms with Gasteiger partial charge in [-0.2, -0.15) is 0 Å². The number of pyridine rings is 1. The van der Waals surface area contributed by atoms with Crippen LogP contribution in [0, 0.1) is 0 Å². The number of aliphatic hydroxyl groups excluding tert-OH is 1. The van der Waals surface area contributed by atoms with Crippen LogP contribution in [-0.2, 0) is 0 Å². The first-order valence-electron chi connectivity index (χ1n) is 6.35. The Balaban J connectivity index is 1.95. The molecule has 3 nitrogen and oxygen atoms in total. The number of hydrogen-bond donors (Lipinski definition) is 2. The zero-order valence-electron chi connectivity index (χ0n) is 11.1. The fourth-order valence-electron chi connectivity index (χ4n) is 1.92. The Labute approximate surface area is 128 Å². The van der Waals surface area contributed by atoms with E-state index in [9.17, 15) is 5.11 Å². The molecule has 2 atom stereocenters. The number of hydrogen-bond acceptors (Lipinski definition) is 3. The molecular formula is C15H16Cl2N2O. The SMILES string of the molecule is CC(NCC(O)c1ccc(Cl)cc1)c1cccnc1Cl. The zero-order chi connectivity index (χ0) is 14.5. The lowest BCUT2D eigenvalue weighted by molar-refractivity contribution is 0.171. The van der Waals surface area contributed by atoms with Crippen LogP contribution >= 0.6 is 23.2 Å². The molecule has 0 amide bonds. The number of halogens is 2. The fraction of sp³-hybridized carbons (Fsp3) is 0.267. The van der Waals surface area contributed by atoms with Gasteiger partial charge in [-0.3, -0.25) is 0 Å². The molecule has 0 bridgehead atoms. The molecule has 1 aromatic carbocycles. The van der Waals surface area contributed by atoms with Gasteiger partial charge in [0.1, 0.15) is 5.15 Å². The van der Waals surface area contributed by atoms with E-state index in [1.807, 2.05) is 31.2 Å². The van der Waals surface area contributed by atoms with Crippen LogP contribution in [0.1, 0.15) is 30.2 Å². The topological polar surface area (TPSA) is 45.1 Å². The summed E-state index contributed by atoms with van der Waals surface area (Å²) in [6.45, 7) is 2.41. The van der Waals surface area contributed by atoms with Gasteiger partial charge in [0.05, 0.1) is 6.10 Å². The van der Waals surface area contributed by atoms with Crippen molar-refractivity contribution >= 4 is 23.2 Å². The van der Waals surface area contributed by atoms with Crippen molar-refractivity contribution in [1.29, 1.82) is 0 Å². The highest BCUT2D eigenvalue weighted by Gasteiger charge is 2.13. The summed E-state index contributed by atoms with van der Waals surface area (Å²) >= 11 is 11.9. The Morgan fingerprint density at radius 1 is 1.20 bits per heavy atom. The van der Waals surface area contributed by atoms with Gasteiger partial charge >= 0.3 is 0 Å². The molecular weight excluding hydrogens is 295 g/mol. The predicted molar refractivity (Wildman–Crippen MR) is 82.1 cm³/mol. The summed E-state index contributed by atoms with van der Waals surface area (Å²) in [4.78, 5) is 4.04. The zero-order valence-corrected chi connectivity index (χ0v) is 12.6. The first-order chi connectivity index (χ1) is 9.58. The summed E-state index contributed by atoms with van der Waals surface area (Å²) in [5, 5.41) is 14.5. The molecule has 2 aromatic rings.